The molecule has 0 aliphatic carbocycles. The molecule has 26 heavy (non-hydrogen) atoms. The molecule has 0 atom stereocenters. The van der Waals surface area contributed by atoms with Crippen LogP contribution in [0.2, 0.25) is 5.02 Å². The van der Waals surface area contributed by atoms with Crippen LogP contribution >= 0.6 is 11.6 Å². The lowest BCUT2D eigenvalue weighted by Gasteiger charge is -2.30. The molecule has 5 nitrogen and oxygen atoms in total. The summed E-state index contributed by atoms with van der Waals surface area (Å²) in [5.41, 5.74) is 2.23. The normalized spacial score (nSPS) is 15.5. The van der Waals surface area contributed by atoms with Crippen LogP contribution in [0.5, 0.6) is 11.5 Å². The Bertz CT molecular complexity index is 741. The molecule has 0 amide bonds. The van der Waals surface area contributed by atoms with E-state index in [2.05, 4.69) is 22.2 Å². The third-order valence-corrected chi connectivity index (χ3v) is 4.72. The van der Waals surface area contributed by atoms with Gasteiger partial charge >= 0.3 is 0 Å². The smallest absolute Gasteiger partial charge is 0.161 e. The summed E-state index contributed by atoms with van der Waals surface area (Å²) in [6.07, 6.45) is 1.83. The molecule has 6 heteroatoms. The third-order valence-electron chi connectivity index (χ3n) is 4.47. The fourth-order valence-corrected chi connectivity index (χ4v) is 3.15. The van der Waals surface area contributed by atoms with E-state index >= 15 is 0 Å². The van der Waals surface area contributed by atoms with Crippen molar-refractivity contribution in [3.63, 3.8) is 0 Å². The second kappa shape index (κ2) is 8.92. The molecule has 2 aromatic carbocycles. The zero-order chi connectivity index (χ0) is 18.4. The van der Waals surface area contributed by atoms with Crippen LogP contribution in [0.15, 0.2) is 47.6 Å². The highest BCUT2D eigenvalue weighted by atomic mass is 35.5. The summed E-state index contributed by atoms with van der Waals surface area (Å²) < 4.78 is 5.41. The number of rotatable bonds is 6. The van der Waals surface area contributed by atoms with Crippen LogP contribution in [0.4, 0.5) is 0 Å². The molecule has 0 spiro atoms. The molecule has 0 unspecified atom stereocenters. The number of phenolic OH excluding ortho intramolecular Hbond substituents is 1. The van der Waals surface area contributed by atoms with Gasteiger partial charge in [-0.15, -0.1) is 0 Å². The van der Waals surface area contributed by atoms with E-state index in [0.717, 1.165) is 43.3 Å². The van der Waals surface area contributed by atoms with Crippen molar-refractivity contribution in [2.75, 3.05) is 32.8 Å². The number of nitrogens with zero attached hydrogens (tertiary/aromatic N) is 2. The fourth-order valence-electron chi connectivity index (χ4n) is 3.02. The molecular formula is C20H25ClN3O2+. The van der Waals surface area contributed by atoms with Gasteiger partial charge in [0.05, 0.1) is 39.0 Å². The molecule has 0 bridgehead atoms. The maximum Gasteiger partial charge on any atom is 0.161 e. The third kappa shape index (κ3) is 5.13. The molecule has 0 aromatic heterocycles. The van der Waals surface area contributed by atoms with Crippen LogP contribution in [-0.4, -0.2) is 49.1 Å². The molecule has 2 aromatic rings. The van der Waals surface area contributed by atoms with Crippen molar-refractivity contribution in [1.82, 2.24) is 5.01 Å². The maximum atomic E-state index is 9.76. The first-order valence-corrected chi connectivity index (χ1v) is 9.34. The number of phenols is 1. The summed E-state index contributed by atoms with van der Waals surface area (Å²) in [7, 11) is 0. The molecule has 1 saturated heterocycles. The van der Waals surface area contributed by atoms with Crippen LogP contribution < -0.4 is 9.64 Å². The summed E-state index contributed by atoms with van der Waals surface area (Å²) >= 11 is 5.94. The summed E-state index contributed by atoms with van der Waals surface area (Å²) in [5.74, 6) is 0.650. The Kier molecular flexibility index (Phi) is 6.36. The van der Waals surface area contributed by atoms with Gasteiger partial charge in [0.2, 0.25) is 0 Å². The van der Waals surface area contributed by atoms with E-state index in [9.17, 15) is 5.11 Å². The zero-order valence-corrected chi connectivity index (χ0v) is 15.7. The first-order chi connectivity index (χ1) is 12.6. The first kappa shape index (κ1) is 18.5. The van der Waals surface area contributed by atoms with E-state index in [1.807, 2.05) is 37.4 Å². The van der Waals surface area contributed by atoms with Crippen molar-refractivity contribution in [2.24, 2.45) is 5.10 Å². The van der Waals surface area contributed by atoms with Gasteiger partial charge in [-0.2, -0.15) is 5.10 Å². The number of hydrazone groups is 1. The van der Waals surface area contributed by atoms with Gasteiger partial charge in [0.1, 0.15) is 6.54 Å². The zero-order valence-electron chi connectivity index (χ0n) is 15.0. The van der Waals surface area contributed by atoms with Gasteiger partial charge in [-0.1, -0.05) is 23.7 Å². The van der Waals surface area contributed by atoms with E-state index in [4.69, 9.17) is 16.3 Å². The molecule has 0 radical (unpaired) electrons. The average molecular weight is 375 g/mol. The summed E-state index contributed by atoms with van der Waals surface area (Å²) in [6, 6.07) is 13.4. The molecule has 3 rings (SSSR count). The van der Waals surface area contributed by atoms with Crippen molar-refractivity contribution in [3.05, 3.63) is 58.6 Å². The Labute approximate surface area is 159 Å². The van der Waals surface area contributed by atoms with Crippen molar-refractivity contribution < 1.29 is 14.7 Å². The van der Waals surface area contributed by atoms with Crippen molar-refractivity contribution in [1.29, 1.82) is 0 Å². The Hall–Kier alpha value is -2.24. The SMILES string of the molecule is CCOc1cc(/C=N/N2CC[NH+](Cc3ccc(Cl)cc3)CC2)ccc1O. The van der Waals surface area contributed by atoms with Crippen LogP contribution in [-0.2, 0) is 6.54 Å². The Balaban J connectivity index is 1.51. The fraction of sp³-hybridized carbons (Fsp3) is 0.350. The molecule has 138 valence electrons. The van der Waals surface area contributed by atoms with Crippen LogP contribution in [0.3, 0.4) is 0 Å². The number of hydrogen-bond acceptors (Lipinski definition) is 4. The van der Waals surface area contributed by atoms with Crippen molar-refractivity contribution in [3.8, 4) is 11.5 Å². The van der Waals surface area contributed by atoms with Crippen LogP contribution in [0.25, 0.3) is 0 Å². The minimum absolute atomic E-state index is 0.156. The lowest BCUT2D eigenvalue weighted by atomic mass is 10.2. The molecule has 1 fully saturated rings. The first-order valence-electron chi connectivity index (χ1n) is 8.97. The number of hydrogen-bond donors (Lipinski definition) is 2. The van der Waals surface area contributed by atoms with Crippen molar-refractivity contribution in [2.45, 2.75) is 13.5 Å². The second-order valence-electron chi connectivity index (χ2n) is 6.41. The standard InChI is InChI=1S/C20H24ClN3O2/c1-2-26-20-13-17(5-8-19(20)25)14-22-24-11-9-23(10-12-24)15-16-3-6-18(21)7-4-16/h3-8,13-14,25H,2,9-12,15H2,1H3/p+1/b22-14+. The highest BCUT2D eigenvalue weighted by Gasteiger charge is 2.18. The lowest BCUT2D eigenvalue weighted by Crippen LogP contribution is -3.13. The largest absolute Gasteiger partial charge is 0.504 e. The molecule has 1 aliphatic heterocycles. The summed E-state index contributed by atoms with van der Waals surface area (Å²) in [4.78, 5) is 1.56. The topological polar surface area (TPSA) is 49.5 Å². The number of benzene rings is 2. The monoisotopic (exact) mass is 374 g/mol. The Morgan fingerprint density at radius 3 is 2.62 bits per heavy atom. The maximum absolute atomic E-state index is 9.76. The van der Waals surface area contributed by atoms with E-state index in [1.54, 1.807) is 11.0 Å². The van der Waals surface area contributed by atoms with Crippen molar-refractivity contribution >= 4 is 17.8 Å². The summed E-state index contributed by atoms with van der Waals surface area (Å²) in [5, 5.41) is 17.2. The minimum Gasteiger partial charge on any atom is -0.504 e. The molecule has 0 saturated carbocycles. The number of ether oxygens (including phenoxy) is 1. The molecule has 1 aliphatic rings. The van der Waals surface area contributed by atoms with Gasteiger partial charge in [-0.25, -0.2) is 0 Å². The van der Waals surface area contributed by atoms with Crippen LogP contribution in [0.1, 0.15) is 18.1 Å². The van der Waals surface area contributed by atoms with E-state index in [0.29, 0.717) is 12.4 Å². The quantitative estimate of drug-likeness (QED) is 0.762. The number of quaternary nitrogens is 1. The number of nitrogens with one attached hydrogen (secondary N) is 1. The predicted molar refractivity (Wildman–Crippen MR) is 104 cm³/mol. The molecule has 2 N–H and O–H groups in total. The lowest BCUT2D eigenvalue weighted by molar-refractivity contribution is -0.918. The van der Waals surface area contributed by atoms with Gasteiger partial charge in [-0.3, -0.25) is 5.01 Å². The van der Waals surface area contributed by atoms with E-state index in [1.165, 1.54) is 5.56 Å². The minimum atomic E-state index is 0.156. The predicted octanol–water partition coefficient (Wildman–Crippen LogP) is 2.18. The number of aromatic hydroxyl groups is 1. The second-order valence-corrected chi connectivity index (χ2v) is 6.85. The number of piperazine rings is 1. The van der Waals surface area contributed by atoms with Crippen LogP contribution in [0, 0.1) is 0 Å². The van der Waals surface area contributed by atoms with Gasteiger partial charge in [0, 0.05) is 10.6 Å². The van der Waals surface area contributed by atoms with Gasteiger partial charge in [0.15, 0.2) is 11.5 Å². The average Bonchev–Trinajstić information content (AvgIpc) is 2.65. The Morgan fingerprint density at radius 1 is 1.19 bits per heavy atom. The summed E-state index contributed by atoms with van der Waals surface area (Å²) in [6.45, 7) is 7.40. The Morgan fingerprint density at radius 2 is 1.92 bits per heavy atom. The van der Waals surface area contributed by atoms with E-state index < -0.39 is 0 Å². The number of halogens is 1. The van der Waals surface area contributed by atoms with Gasteiger partial charge in [-0.05, 0) is 42.8 Å². The highest BCUT2D eigenvalue weighted by molar-refractivity contribution is 6.30. The van der Waals surface area contributed by atoms with Gasteiger partial charge < -0.3 is 14.7 Å². The van der Waals surface area contributed by atoms with E-state index in [-0.39, 0.29) is 5.75 Å². The highest BCUT2D eigenvalue weighted by Crippen LogP contribution is 2.26. The molecular weight excluding hydrogens is 350 g/mol. The molecule has 1 heterocycles. The van der Waals surface area contributed by atoms with Gasteiger partial charge in [0.25, 0.3) is 0 Å².